The maximum Gasteiger partial charge on any atom is 0.306 e. The fourth-order valence-electron chi connectivity index (χ4n) is 3.25. The van der Waals surface area contributed by atoms with Gasteiger partial charge in [0.25, 0.3) is 0 Å². The lowest BCUT2D eigenvalue weighted by molar-refractivity contribution is -0.142. The van der Waals surface area contributed by atoms with E-state index in [1.165, 1.54) is 5.56 Å². The van der Waals surface area contributed by atoms with Crippen LogP contribution in [0.25, 0.3) is 5.52 Å². The zero-order valence-electron chi connectivity index (χ0n) is 12.7. The highest BCUT2D eigenvalue weighted by molar-refractivity contribution is 9.10. The third kappa shape index (κ3) is 2.47. The van der Waals surface area contributed by atoms with E-state index < -0.39 is 5.97 Å². The maximum atomic E-state index is 11.2. The van der Waals surface area contributed by atoms with Gasteiger partial charge < -0.3 is 10.0 Å². The van der Waals surface area contributed by atoms with Crippen molar-refractivity contribution in [1.29, 1.82) is 0 Å². The van der Waals surface area contributed by atoms with E-state index in [-0.39, 0.29) is 12.0 Å². The van der Waals surface area contributed by atoms with Crippen LogP contribution in [0.15, 0.2) is 17.0 Å². The summed E-state index contributed by atoms with van der Waals surface area (Å²) in [4.78, 5) is 17.9. The van der Waals surface area contributed by atoms with Crippen molar-refractivity contribution in [2.45, 2.75) is 39.2 Å². The molecule has 2 aromatic rings. The van der Waals surface area contributed by atoms with E-state index in [1.807, 2.05) is 4.52 Å². The summed E-state index contributed by atoms with van der Waals surface area (Å²) in [6.45, 7) is 4.88. The average molecular weight is 367 g/mol. The molecule has 0 radical (unpaired) electrons. The van der Waals surface area contributed by atoms with E-state index in [0.717, 1.165) is 22.4 Å². The molecule has 2 aromatic heterocycles. The predicted molar refractivity (Wildman–Crippen MR) is 87.2 cm³/mol. The number of rotatable bonds is 3. The van der Waals surface area contributed by atoms with Crippen molar-refractivity contribution in [3.05, 3.63) is 22.6 Å². The van der Waals surface area contributed by atoms with Crippen LogP contribution in [0.2, 0.25) is 0 Å². The van der Waals surface area contributed by atoms with Gasteiger partial charge in [-0.2, -0.15) is 5.10 Å². The summed E-state index contributed by atoms with van der Waals surface area (Å²) in [5.41, 5.74) is 2.20. The number of anilines is 1. The molecule has 0 aromatic carbocycles. The summed E-state index contributed by atoms with van der Waals surface area (Å²) in [6, 6.07) is 2.22. The third-order valence-electron chi connectivity index (χ3n) is 4.45. The zero-order valence-corrected chi connectivity index (χ0v) is 14.2. The van der Waals surface area contributed by atoms with Gasteiger partial charge in [0.15, 0.2) is 5.82 Å². The molecular weight excluding hydrogens is 348 g/mol. The molecule has 3 heterocycles. The van der Waals surface area contributed by atoms with Crippen LogP contribution < -0.4 is 4.90 Å². The van der Waals surface area contributed by atoms with Crippen molar-refractivity contribution >= 4 is 33.2 Å². The highest BCUT2D eigenvalue weighted by Crippen LogP contribution is 2.33. The molecule has 1 N–H and O–H groups in total. The van der Waals surface area contributed by atoms with Gasteiger partial charge in [0, 0.05) is 12.6 Å². The molecule has 6 nitrogen and oxygen atoms in total. The normalized spacial score (nSPS) is 22.2. The third-order valence-corrected chi connectivity index (χ3v) is 5.01. The molecule has 1 aliphatic rings. The summed E-state index contributed by atoms with van der Waals surface area (Å²) < 4.78 is 2.77. The second-order valence-corrected chi connectivity index (χ2v) is 6.60. The number of hydrogen-bond donors (Lipinski definition) is 1. The molecule has 1 fully saturated rings. The molecule has 0 unspecified atom stereocenters. The van der Waals surface area contributed by atoms with Crippen molar-refractivity contribution in [1.82, 2.24) is 14.6 Å². The molecule has 0 bridgehead atoms. The monoisotopic (exact) mass is 366 g/mol. The smallest absolute Gasteiger partial charge is 0.306 e. The van der Waals surface area contributed by atoms with Crippen molar-refractivity contribution < 1.29 is 9.90 Å². The molecule has 1 saturated heterocycles. The standard InChI is InChI=1S/C15H19BrN4O2/c1-3-10-7-12(16)20-13(10)14(17-8-18-20)19-5-4-11(15(21)22)6-9(19)2/h7-9,11H,3-6H2,1-2H3,(H,21,22)/t9-,11-/m0/s1. The minimum Gasteiger partial charge on any atom is -0.481 e. The summed E-state index contributed by atoms with van der Waals surface area (Å²) in [5, 5.41) is 13.5. The lowest BCUT2D eigenvalue weighted by atomic mass is 9.91. The molecule has 2 atom stereocenters. The SMILES string of the molecule is CCc1cc(Br)n2ncnc(N3CC[C@H](C(=O)O)C[C@@H]3C)c12. The molecule has 0 aliphatic carbocycles. The van der Waals surface area contributed by atoms with Gasteiger partial charge in [-0.15, -0.1) is 0 Å². The maximum absolute atomic E-state index is 11.2. The Morgan fingerprint density at radius 3 is 2.95 bits per heavy atom. The van der Waals surface area contributed by atoms with Gasteiger partial charge in [-0.25, -0.2) is 9.50 Å². The molecule has 22 heavy (non-hydrogen) atoms. The van der Waals surface area contributed by atoms with Crippen LogP contribution >= 0.6 is 15.9 Å². The highest BCUT2D eigenvalue weighted by Gasteiger charge is 2.31. The van der Waals surface area contributed by atoms with Crippen molar-refractivity contribution in [2.24, 2.45) is 5.92 Å². The molecule has 118 valence electrons. The molecule has 1 aliphatic heterocycles. The van der Waals surface area contributed by atoms with E-state index in [0.29, 0.717) is 19.4 Å². The molecule has 0 saturated carbocycles. The van der Waals surface area contributed by atoms with Crippen LogP contribution in [0.4, 0.5) is 5.82 Å². The number of piperidine rings is 1. The van der Waals surface area contributed by atoms with Crippen LogP contribution in [-0.4, -0.2) is 38.3 Å². The van der Waals surface area contributed by atoms with Gasteiger partial charge >= 0.3 is 5.97 Å². The number of halogens is 1. The minimum absolute atomic E-state index is 0.145. The molecule has 0 amide bonds. The minimum atomic E-state index is -0.695. The van der Waals surface area contributed by atoms with Crippen LogP contribution in [0, 0.1) is 5.92 Å². The van der Waals surface area contributed by atoms with Gasteiger partial charge in [0.2, 0.25) is 0 Å². The van der Waals surface area contributed by atoms with Gasteiger partial charge in [-0.05, 0) is 53.7 Å². The fraction of sp³-hybridized carbons (Fsp3) is 0.533. The van der Waals surface area contributed by atoms with Crippen molar-refractivity contribution in [3.63, 3.8) is 0 Å². The predicted octanol–water partition coefficient (Wildman–Crippen LogP) is 2.74. The second kappa shape index (κ2) is 5.87. The number of fused-ring (bicyclic) bond motifs is 1. The van der Waals surface area contributed by atoms with E-state index >= 15 is 0 Å². The Morgan fingerprint density at radius 2 is 2.32 bits per heavy atom. The van der Waals surface area contributed by atoms with Crippen LogP contribution in [0.5, 0.6) is 0 Å². The lowest BCUT2D eigenvalue weighted by Crippen LogP contribution is -2.43. The quantitative estimate of drug-likeness (QED) is 0.903. The number of carboxylic acid groups (broad SMARTS) is 1. The first-order chi connectivity index (χ1) is 10.5. The molecular formula is C15H19BrN4O2. The number of aromatic nitrogens is 3. The Kier molecular flexibility index (Phi) is 4.08. The fourth-order valence-corrected chi connectivity index (χ4v) is 3.80. The Balaban J connectivity index is 2.02. The Hall–Kier alpha value is -1.63. The Morgan fingerprint density at radius 1 is 1.55 bits per heavy atom. The Labute approximate surface area is 137 Å². The molecule has 0 spiro atoms. The summed E-state index contributed by atoms with van der Waals surface area (Å²) >= 11 is 3.54. The van der Waals surface area contributed by atoms with E-state index in [4.69, 9.17) is 0 Å². The van der Waals surface area contributed by atoms with Crippen LogP contribution in [0.3, 0.4) is 0 Å². The van der Waals surface area contributed by atoms with Gasteiger partial charge in [-0.1, -0.05) is 6.92 Å². The lowest BCUT2D eigenvalue weighted by Gasteiger charge is -2.37. The first-order valence-electron chi connectivity index (χ1n) is 7.53. The molecule has 7 heteroatoms. The van der Waals surface area contributed by atoms with E-state index in [2.05, 4.69) is 50.8 Å². The number of hydrogen-bond acceptors (Lipinski definition) is 4. The number of nitrogens with zero attached hydrogens (tertiary/aromatic N) is 4. The van der Waals surface area contributed by atoms with E-state index in [1.54, 1.807) is 6.33 Å². The first kappa shape index (κ1) is 15.3. The van der Waals surface area contributed by atoms with Gasteiger partial charge in [0.05, 0.1) is 5.92 Å². The first-order valence-corrected chi connectivity index (χ1v) is 8.32. The van der Waals surface area contributed by atoms with E-state index in [9.17, 15) is 9.90 Å². The van der Waals surface area contributed by atoms with Gasteiger partial charge in [0.1, 0.15) is 16.4 Å². The summed E-state index contributed by atoms with van der Waals surface area (Å²) in [7, 11) is 0. The molecule has 3 rings (SSSR count). The number of carboxylic acids is 1. The largest absolute Gasteiger partial charge is 0.481 e. The van der Waals surface area contributed by atoms with Crippen molar-refractivity contribution in [3.8, 4) is 0 Å². The topological polar surface area (TPSA) is 70.7 Å². The van der Waals surface area contributed by atoms with Crippen LogP contribution in [0.1, 0.15) is 32.3 Å². The summed E-state index contributed by atoms with van der Waals surface area (Å²) in [5.74, 6) is -0.0545. The van der Waals surface area contributed by atoms with Gasteiger partial charge in [-0.3, -0.25) is 4.79 Å². The van der Waals surface area contributed by atoms with Crippen LogP contribution in [-0.2, 0) is 11.2 Å². The Bertz CT molecular complexity index is 715. The summed E-state index contributed by atoms with van der Waals surface area (Å²) in [6.07, 6.45) is 3.76. The second-order valence-electron chi connectivity index (χ2n) is 5.79. The number of carbonyl (C=O) groups is 1. The number of aryl methyl sites for hydroxylation is 1. The van der Waals surface area contributed by atoms with Crippen molar-refractivity contribution in [2.75, 3.05) is 11.4 Å². The average Bonchev–Trinajstić information content (AvgIpc) is 2.84. The zero-order chi connectivity index (χ0) is 15.9. The number of aliphatic carboxylic acids is 1. The highest BCUT2D eigenvalue weighted by atomic mass is 79.9.